The molecule has 4 rings (SSSR count). The molecular formula is C22H27NO6. The Labute approximate surface area is 170 Å². The number of hydrogen-bond acceptors (Lipinski definition) is 7. The highest BCUT2D eigenvalue weighted by atomic mass is 16.7. The van der Waals surface area contributed by atoms with Gasteiger partial charge in [-0.2, -0.15) is 0 Å². The van der Waals surface area contributed by atoms with Crippen molar-refractivity contribution in [1.82, 2.24) is 4.90 Å². The third-order valence-electron chi connectivity index (χ3n) is 5.85. The van der Waals surface area contributed by atoms with Crippen molar-refractivity contribution in [1.29, 1.82) is 0 Å². The molecule has 0 unspecified atom stereocenters. The first kappa shape index (κ1) is 19.8. The smallest absolute Gasteiger partial charge is 0.231 e. The van der Waals surface area contributed by atoms with Crippen molar-refractivity contribution in [3.05, 3.63) is 46.5 Å². The third-order valence-corrected chi connectivity index (χ3v) is 5.85. The lowest BCUT2D eigenvalue weighted by atomic mass is 9.80. The Bertz CT molecular complexity index is 926. The summed E-state index contributed by atoms with van der Waals surface area (Å²) in [5.74, 6) is 2.40. The van der Waals surface area contributed by atoms with Crippen LogP contribution in [0.2, 0.25) is 0 Å². The Morgan fingerprint density at radius 1 is 1.14 bits per heavy atom. The van der Waals surface area contributed by atoms with Crippen LogP contribution < -0.4 is 18.9 Å². The van der Waals surface area contributed by atoms with E-state index in [1.54, 1.807) is 39.3 Å². The fourth-order valence-electron chi connectivity index (χ4n) is 4.20. The Kier molecular flexibility index (Phi) is 5.06. The average Bonchev–Trinajstić information content (AvgIpc) is 3.17. The maximum Gasteiger partial charge on any atom is 0.231 e. The van der Waals surface area contributed by atoms with Gasteiger partial charge >= 0.3 is 0 Å². The van der Waals surface area contributed by atoms with Gasteiger partial charge in [-0.1, -0.05) is 6.07 Å². The fraction of sp³-hybridized carbons (Fsp3) is 0.455. The van der Waals surface area contributed by atoms with E-state index in [0.29, 0.717) is 47.1 Å². The number of aliphatic hydroxyl groups is 2. The summed E-state index contributed by atoms with van der Waals surface area (Å²) >= 11 is 0. The Morgan fingerprint density at radius 2 is 1.86 bits per heavy atom. The molecule has 2 heterocycles. The number of ether oxygens (including phenoxy) is 4. The predicted octanol–water partition coefficient (Wildman–Crippen LogP) is 2.36. The lowest BCUT2D eigenvalue weighted by molar-refractivity contribution is -0.0707. The number of fused-ring (bicyclic) bond motifs is 3. The minimum absolute atomic E-state index is 0.157. The lowest BCUT2D eigenvalue weighted by Crippen LogP contribution is -2.35. The quantitative estimate of drug-likeness (QED) is 0.800. The van der Waals surface area contributed by atoms with Crippen molar-refractivity contribution in [3.8, 4) is 23.0 Å². The summed E-state index contributed by atoms with van der Waals surface area (Å²) in [4.78, 5) is 2.16. The summed E-state index contributed by atoms with van der Waals surface area (Å²) in [5, 5.41) is 22.9. The van der Waals surface area contributed by atoms with Gasteiger partial charge in [0.2, 0.25) is 6.79 Å². The minimum Gasteiger partial charge on any atom is -0.493 e. The molecule has 2 aromatic carbocycles. The largest absolute Gasteiger partial charge is 0.493 e. The van der Waals surface area contributed by atoms with Crippen molar-refractivity contribution >= 4 is 0 Å². The van der Waals surface area contributed by atoms with Crippen LogP contribution >= 0.6 is 0 Å². The summed E-state index contributed by atoms with van der Waals surface area (Å²) in [7, 11) is 5.18. The number of hydrogen-bond donors (Lipinski definition) is 2. The molecule has 2 aromatic rings. The topological polar surface area (TPSA) is 80.6 Å². The zero-order valence-electron chi connectivity index (χ0n) is 17.2. The Hall–Kier alpha value is -2.48. The molecule has 0 spiro atoms. The molecular weight excluding hydrogens is 374 g/mol. The summed E-state index contributed by atoms with van der Waals surface area (Å²) < 4.78 is 22.1. The van der Waals surface area contributed by atoms with Crippen LogP contribution in [-0.2, 0) is 18.6 Å². The molecule has 0 bridgehead atoms. The van der Waals surface area contributed by atoms with E-state index < -0.39 is 11.7 Å². The Balaban J connectivity index is 1.91. The minimum atomic E-state index is -1.56. The number of methoxy groups -OCH3 is 2. The second-order valence-electron chi connectivity index (χ2n) is 7.77. The van der Waals surface area contributed by atoms with E-state index in [9.17, 15) is 10.2 Å². The molecule has 0 aromatic heterocycles. The van der Waals surface area contributed by atoms with Crippen LogP contribution in [0.4, 0.5) is 0 Å². The standard InChI is InChI=1S/C22H27NO6/c1-22(25)16-5-6-17(26-3)20(27-4)15(16)11-23(2)8-7-13-9-18-19(29-12-28-18)10-14(13)21(22)24/h5-6,9-10,21,24-25H,7-8,11-12H2,1-4H3/t21-,22-/m1/s1. The molecule has 0 fully saturated rings. The van der Waals surface area contributed by atoms with Gasteiger partial charge in [-0.15, -0.1) is 0 Å². The normalized spacial score (nSPS) is 23.9. The van der Waals surface area contributed by atoms with E-state index in [0.717, 1.165) is 17.7 Å². The zero-order valence-corrected chi connectivity index (χ0v) is 17.2. The zero-order chi connectivity index (χ0) is 20.8. The molecule has 7 heteroatoms. The van der Waals surface area contributed by atoms with Gasteiger partial charge in [0.25, 0.3) is 0 Å². The molecule has 0 radical (unpaired) electrons. The molecule has 0 amide bonds. The molecule has 2 aliphatic rings. The number of aliphatic hydroxyl groups excluding tert-OH is 1. The van der Waals surface area contributed by atoms with E-state index in [2.05, 4.69) is 4.90 Å². The van der Waals surface area contributed by atoms with Crippen molar-refractivity contribution in [2.45, 2.75) is 31.6 Å². The molecule has 156 valence electrons. The SMILES string of the molecule is COc1ccc2c(c1OC)CN(C)CCc1cc3c(cc1[C@@H](O)[C@]2(C)O)OCO3. The first-order chi connectivity index (χ1) is 13.9. The number of nitrogens with zero attached hydrogens (tertiary/aromatic N) is 1. The predicted molar refractivity (Wildman–Crippen MR) is 107 cm³/mol. The van der Waals surface area contributed by atoms with Crippen LogP contribution in [0.3, 0.4) is 0 Å². The van der Waals surface area contributed by atoms with E-state index in [-0.39, 0.29) is 6.79 Å². The monoisotopic (exact) mass is 401 g/mol. The molecule has 0 saturated carbocycles. The molecule has 7 nitrogen and oxygen atoms in total. The van der Waals surface area contributed by atoms with E-state index in [1.165, 1.54) is 0 Å². The van der Waals surface area contributed by atoms with Crippen LogP contribution in [0.15, 0.2) is 24.3 Å². The van der Waals surface area contributed by atoms with Crippen molar-refractivity contribution in [2.75, 3.05) is 34.6 Å². The maximum atomic E-state index is 11.5. The highest BCUT2D eigenvalue weighted by molar-refractivity contribution is 5.55. The molecule has 2 atom stereocenters. The first-order valence-electron chi connectivity index (χ1n) is 9.62. The van der Waals surface area contributed by atoms with Crippen molar-refractivity contribution < 1.29 is 29.2 Å². The van der Waals surface area contributed by atoms with E-state index >= 15 is 0 Å². The molecule has 2 N–H and O–H groups in total. The van der Waals surface area contributed by atoms with Crippen molar-refractivity contribution in [3.63, 3.8) is 0 Å². The van der Waals surface area contributed by atoms with Gasteiger partial charge in [0, 0.05) is 18.7 Å². The maximum absolute atomic E-state index is 11.5. The molecule has 29 heavy (non-hydrogen) atoms. The number of likely N-dealkylation sites (N-methyl/N-ethyl adjacent to an activating group) is 1. The summed E-state index contributed by atoms with van der Waals surface area (Å²) in [6.45, 7) is 3.07. The van der Waals surface area contributed by atoms with E-state index in [1.807, 2.05) is 13.1 Å². The molecule has 2 aliphatic heterocycles. The van der Waals surface area contributed by atoms with Gasteiger partial charge in [0.15, 0.2) is 23.0 Å². The van der Waals surface area contributed by atoms with Gasteiger partial charge in [0.1, 0.15) is 11.7 Å². The summed E-state index contributed by atoms with van der Waals surface area (Å²) in [5.41, 5.74) is 1.39. The summed E-state index contributed by atoms with van der Waals surface area (Å²) in [6, 6.07) is 7.23. The Morgan fingerprint density at radius 3 is 2.55 bits per heavy atom. The number of benzene rings is 2. The average molecular weight is 401 g/mol. The first-order valence-corrected chi connectivity index (χ1v) is 9.62. The highest BCUT2D eigenvalue weighted by Gasteiger charge is 2.39. The van der Waals surface area contributed by atoms with Crippen molar-refractivity contribution in [2.24, 2.45) is 0 Å². The van der Waals surface area contributed by atoms with Crippen LogP contribution in [0, 0.1) is 0 Å². The van der Waals surface area contributed by atoms with E-state index in [4.69, 9.17) is 18.9 Å². The van der Waals surface area contributed by atoms with Gasteiger partial charge in [-0.3, -0.25) is 0 Å². The highest BCUT2D eigenvalue weighted by Crippen LogP contribution is 2.46. The number of rotatable bonds is 2. The summed E-state index contributed by atoms with van der Waals surface area (Å²) in [6.07, 6.45) is -0.468. The fourth-order valence-corrected chi connectivity index (χ4v) is 4.20. The van der Waals surface area contributed by atoms with Gasteiger partial charge in [0.05, 0.1) is 14.2 Å². The van der Waals surface area contributed by atoms with Crippen LogP contribution in [0.5, 0.6) is 23.0 Å². The van der Waals surface area contributed by atoms with Gasteiger partial charge < -0.3 is 34.1 Å². The van der Waals surface area contributed by atoms with Gasteiger partial charge in [-0.05, 0) is 55.3 Å². The molecule has 0 aliphatic carbocycles. The van der Waals surface area contributed by atoms with Crippen LogP contribution in [0.1, 0.15) is 35.3 Å². The second-order valence-corrected chi connectivity index (χ2v) is 7.77. The van der Waals surface area contributed by atoms with Gasteiger partial charge in [-0.25, -0.2) is 0 Å². The van der Waals surface area contributed by atoms with Crippen LogP contribution in [0.25, 0.3) is 0 Å². The second kappa shape index (κ2) is 7.40. The molecule has 0 saturated heterocycles. The third kappa shape index (κ3) is 3.29. The van der Waals surface area contributed by atoms with Crippen LogP contribution in [-0.4, -0.2) is 49.7 Å². The lowest BCUT2D eigenvalue weighted by Gasteiger charge is -2.35.